The second-order valence-electron chi connectivity index (χ2n) is 12.2. The Balaban J connectivity index is 1.14. The minimum Gasteiger partial charge on any atom is -0.370 e. The first-order chi connectivity index (χ1) is 19.4. The summed E-state index contributed by atoms with van der Waals surface area (Å²) in [4.78, 5) is 48.1. The average molecular weight is 564 g/mol. The summed E-state index contributed by atoms with van der Waals surface area (Å²) in [5.41, 5.74) is 19.7. The summed E-state index contributed by atoms with van der Waals surface area (Å²) in [5, 5.41) is 2.72. The standard InChI is InChI=1S/C29H41N9O3/c1-19(28(2,3)32)35-10-12-36(13-11-35)26(40)33-24-8-9-38(27(41)34-24)22-6-4-20(5-7-22)14-23(31)25(39)37-16-21-15-29(21,17-30)18-37/h4-9,21,23H,1,10-18,30-32H2,2-3H3,(H,33,34,40,41)/t21?,23-,29?/m0/s1. The van der Waals surface area contributed by atoms with Crippen molar-refractivity contribution in [2.75, 3.05) is 51.1 Å². The number of rotatable bonds is 8. The topological polar surface area (TPSA) is 169 Å². The van der Waals surface area contributed by atoms with Crippen molar-refractivity contribution in [2.24, 2.45) is 28.5 Å². The molecule has 3 aliphatic rings. The van der Waals surface area contributed by atoms with Gasteiger partial charge in [0.15, 0.2) is 0 Å². The smallest absolute Gasteiger partial charge is 0.354 e. The Morgan fingerprint density at radius 3 is 2.37 bits per heavy atom. The van der Waals surface area contributed by atoms with Gasteiger partial charge in [0.2, 0.25) is 5.91 Å². The summed E-state index contributed by atoms with van der Waals surface area (Å²) in [7, 11) is 0. The first-order valence-electron chi connectivity index (χ1n) is 14.1. The Kier molecular flexibility index (Phi) is 7.66. The van der Waals surface area contributed by atoms with Gasteiger partial charge in [-0.05, 0) is 62.9 Å². The molecule has 3 atom stereocenters. The molecule has 12 nitrogen and oxygen atoms in total. The predicted octanol–water partition coefficient (Wildman–Crippen LogP) is 0.310. The van der Waals surface area contributed by atoms with Gasteiger partial charge < -0.3 is 31.9 Å². The van der Waals surface area contributed by atoms with Crippen molar-refractivity contribution in [3.63, 3.8) is 0 Å². The lowest BCUT2D eigenvalue weighted by Crippen LogP contribution is -2.53. The van der Waals surface area contributed by atoms with Gasteiger partial charge in [-0.2, -0.15) is 4.98 Å². The highest BCUT2D eigenvalue weighted by atomic mass is 16.2. The Morgan fingerprint density at radius 1 is 1.12 bits per heavy atom. The van der Waals surface area contributed by atoms with Crippen LogP contribution in [0.1, 0.15) is 25.8 Å². The van der Waals surface area contributed by atoms with E-state index in [4.69, 9.17) is 17.2 Å². The van der Waals surface area contributed by atoms with Crippen LogP contribution in [0, 0.1) is 11.3 Å². The Hall–Kier alpha value is -3.74. The molecule has 2 saturated heterocycles. The van der Waals surface area contributed by atoms with Crippen molar-refractivity contribution in [3.8, 4) is 5.69 Å². The van der Waals surface area contributed by atoms with Crippen LogP contribution in [0.4, 0.5) is 10.6 Å². The number of amides is 3. The fraction of sp³-hybridized carbons (Fsp3) is 0.517. The van der Waals surface area contributed by atoms with E-state index in [9.17, 15) is 14.4 Å². The van der Waals surface area contributed by atoms with Crippen LogP contribution in [0.25, 0.3) is 5.69 Å². The molecule has 2 aromatic rings. The normalized spacial score (nSPS) is 22.8. The minimum atomic E-state index is -0.630. The van der Waals surface area contributed by atoms with E-state index in [1.807, 2.05) is 30.9 Å². The molecule has 2 unspecified atom stereocenters. The van der Waals surface area contributed by atoms with E-state index < -0.39 is 17.3 Å². The average Bonchev–Trinajstić information content (AvgIpc) is 3.51. The molecule has 1 saturated carbocycles. The fourth-order valence-electron chi connectivity index (χ4n) is 5.89. The van der Waals surface area contributed by atoms with Crippen molar-refractivity contribution in [1.29, 1.82) is 0 Å². The van der Waals surface area contributed by atoms with Gasteiger partial charge in [0, 0.05) is 62.1 Å². The molecule has 5 rings (SSSR count). The lowest BCUT2D eigenvalue weighted by atomic mass is 10.0. The van der Waals surface area contributed by atoms with Crippen LogP contribution in [-0.4, -0.2) is 93.6 Å². The highest BCUT2D eigenvalue weighted by Gasteiger charge is 2.59. The Bertz CT molecular complexity index is 1370. The molecule has 0 spiro atoms. The number of anilines is 1. The van der Waals surface area contributed by atoms with Crippen molar-refractivity contribution in [2.45, 2.75) is 38.3 Å². The maximum absolute atomic E-state index is 12.9. The van der Waals surface area contributed by atoms with Crippen molar-refractivity contribution in [1.82, 2.24) is 24.3 Å². The molecule has 41 heavy (non-hydrogen) atoms. The molecule has 2 aliphatic heterocycles. The number of nitrogens with two attached hydrogens (primary N) is 3. The van der Waals surface area contributed by atoms with Gasteiger partial charge in [-0.1, -0.05) is 18.7 Å². The molecule has 3 amide bonds. The van der Waals surface area contributed by atoms with Gasteiger partial charge >= 0.3 is 11.7 Å². The van der Waals surface area contributed by atoms with Gasteiger partial charge in [-0.15, -0.1) is 0 Å². The maximum atomic E-state index is 12.9. The summed E-state index contributed by atoms with van der Waals surface area (Å²) < 4.78 is 1.40. The number of urea groups is 1. The second kappa shape index (κ2) is 10.9. The fourth-order valence-corrected chi connectivity index (χ4v) is 5.89. The zero-order valence-electron chi connectivity index (χ0n) is 23.9. The molecular formula is C29H41N9O3. The van der Waals surface area contributed by atoms with E-state index in [0.717, 1.165) is 24.2 Å². The van der Waals surface area contributed by atoms with Crippen LogP contribution >= 0.6 is 0 Å². The van der Waals surface area contributed by atoms with E-state index >= 15 is 0 Å². The third-order valence-electron chi connectivity index (χ3n) is 8.74. The van der Waals surface area contributed by atoms with Crippen LogP contribution in [0.5, 0.6) is 0 Å². The number of nitrogens with zero attached hydrogens (tertiary/aromatic N) is 5. The summed E-state index contributed by atoms with van der Waals surface area (Å²) in [6, 6.07) is 7.93. The van der Waals surface area contributed by atoms with Crippen LogP contribution < -0.4 is 28.2 Å². The first-order valence-corrected chi connectivity index (χ1v) is 14.1. The van der Waals surface area contributed by atoms with Crippen LogP contribution in [0.2, 0.25) is 0 Å². The van der Waals surface area contributed by atoms with Gasteiger partial charge in [0.05, 0.1) is 11.7 Å². The molecular weight excluding hydrogens is 522 g/mol. The molecule has 1 aromatic heterocycles. The molecule has 7 N–H and O–H groups in total. The Labute approximate surface area is 240 Å². The Morgan fingerprint density at radius 2 is 1.78 bits per heavy atom. The number of carbonyl (C=O) groups is 2. The zero-order valence-corrected chi connectivity index (χ0v) is 23.9. The molecule has 3 fully saturated rings. The molecule has 12 heteroatoms. The number of nitrogens with one attached hydrogen (secondary N) is 1. The lowest BCUT2D eigenvalue weighted by molar-refractivity contribution is -0.132. The highest BCUT2D eigenvalue weighted by molar-refractivity contribution is 5.88. The van der Waals surface area contributed by atoms with E-state index in [1.54, 1.807) is 29.3 Å². The molecule has 0 radical (unpaired) electrons. The highest BCUT2D eigenvalue weighted by Crippen LogP contribution is 2.56. The number of aromatic nitrogens is 2. The van der Waals surface area contributed by atoms with Crippen molar-refractivity contribution < 1.29 is 9.59 Å². The van der Waals surface area contributed by atoms with Crippen LogP contribution in [-0.2, 0) is 11.2 Å². The first kappa shape index (κ1) is 28.8. The summed E-state index contributed by atoms with van der Waals surface area (Å²) in [6.07, 6.45) is 3.08. The van der Waals surface area contributed by atoms with Crippen molar-refractivity contribution >= 4 is 17.8 Å². The molecule has 1 aromatic carbocycles. The molecule has 3 heterocycles. The van der Waals surface area contributed by atoms with Gasteiger partial charge in [-0.25, -0.2) is 9.59 Å². The number of hydrogen-bond acceptors (Lipinski definition) is 8. The lowest BCUT2D eigenvalue weighted by Gasteiger charge is -2.40. The monoisotopic (exact) mass is 563 g/mol. The number of piperidine rings is 1. The number of hydrogen-bond donors (Lipinski definition) is 4. The van der Waals surface area contributed by atoms with E-state index in [2.05, 4.69) is 21.8 Å². The minimum absolute atomic E-state index is 0.0426. The third kappa shape index (κ3) is 5.99. The van der Waals surface area contributed by atoms with E-state index in [-0.39, 0.29) is 23.2 Å². The van der Waals surface area contributed by atoms with Crippen LogP contribution in [0.3, 0.4) is 0 Å². The number of piperazine rings is 1. The summed E-state index contributed by atoms with van der Waals surface area (Å²) in [5.74, 6) is 0.655. The largest absolute Gasteiger partial charge is 0.370 e. The number of carbonyl (C=O) groups excluding carboxylic acids is 2. The van der Waals surface area contributed by atoms with E-state index in [1.165, 1.54) is 4.57 Å². The second-order valence-corrected chi connectivity index (χ2v) is 12.2. The summed E-state index contributed by atoms with van der Waals surface area (Å²) >= 11 is 0. The van der Waals surface area contributed by atoms with Gasteiger partial charge in [-0.3, -0.25) is 14.7 Å². The predicted molar refractivity (Wildman–Crippen MR) is 157 cm³/mol. The van der Waals surface area contributed by atoms with E-state index in [0.29, 0.717) is 57.3 Å². The maximum Gasteiger partial charge on any atom is 0.354 e. The quantitative estimate of drug-likeness (QED) is 0.356. The molecule has 0 bridgehead atoms. The number of benzene rings is 1. The summed E-state index contributed by atoms with van der Waals surface area (Å²) in [6.45, 7) is 12.2. The van der Waals surface area contributed by atoms with Crippen LogP contribution in [0.15, 0.2) is 53.6 Å². The zero-order chi connectivity index (χ0) is 29.5. The SMILES string of the molecule is C=C(N1CCN(C(=O)Nc2ccn(-c3ccc(C[C@H](N)C(=O)N4CC5CC5(CN)C4)cc3)c(=O)n2)CC1)C(C)(C)N. The van der Waals surface area contributed by atoms with Crippen molar-refractivity contribution in [3.05, 3.63) is 64.9 Å². The van der Waals surface area contributed by atoms with Gasteiger partial charge in [0.1, 0.15) is 5.82 Å². The van der Waals surface area contributed by atoms with Gasteiger partial charge in [0.25, 0.3) is 0 Å². The number of fused-ring (bicyclic) bond motifs is 1. The molecule has 1 aliphatic carbocycles. The third-order valence-corrected chi connectivity index (χ3v) is 8.74. The molecule has 220 valence electrons. The number of likely N-dealkylation sites (tertiary alicyclic amines) is 1.